The van der Waals surface area contributed by atoms with Gasteiger partial charge in [0.05, 0.1) is 19.4 Å². The van der Waals surface area contributed by atoms with Crippen LogP contribution >= 0.6 is 38.9 Å². The first kappa shape index (κ1) is 13.4. The molecule has 0 atom stereocenters. The number of benzene rings is 1. The third-order valence-electron chi connectivity index (χ3n) is 2.39. The maximum atomic E-state index is 12.0. The van der Waals surface area contributed by atoms with E-state index < -0.39 is 0 Å². The van der Waals surface area contributed by atoms with Crippen molar-refractivity contribution in [1.29, 1.82) is 0 Å². The van der Waals surface area contributed by atoms with E-state index in [0.29, 0.717) is 21.3 Å². The van der Waals surface area contributed by atoms with Gasteiger partial charge < -0.3 is 11.1 Å². The van der Waals surface area contributed by atoms with E-state index in [1.807, 2.05) is 13.0 Å². The molecule has 1 heterocycles. The van der Waals surface area contributed by atoms with Crippen molar-refractivity contribution in [1.82, 2.24) is 0 Å². The molecular weight excluding hydrogens is 336 g/mol. The predicted molar refractivity (Wildman–Crippen MR) is 80.6 cm³/mol. The van der Waals surface area contributed by atoms with Gasteiger partial charge in [-0.25, -0.2) is 0 Å². The number of anilines is 2. The van der Waals surface area contributed by atoms with Crippen LogP contribution in [-0.2, 0) is 0 Å². The Labute approximate surface area is 122 Å². The van der Waals surface area contributed by atoms with Gasteiger partial charge in [-0.2, -0.15) is 0 Å². The molecule has 0 fully saturated rings. The lowest BCUT2D eigenvalue weighted by molar-refractivity contribution is 0.103. The second kappa shape index (κ2) is 5.30. The van der Waals surface area contributed by atoms with E-state index in [1.165, 1.54) is 11.3 Å². The Balaban J connectivity index is 2.24. The fourth-order valence-electron chi connectivity index (χ4n) is 1.46. The van der Waals surface area contributed by atoms with E-state index in [2.05, 4.69) is 21.2 Å². The Kier molecular flexibility index (Phi) is 3.94. The molecule has 0 unspecified atom stereocenters. The number of rotatable bonds is 2. The minimum atomic E-state index is -0.158. The molecule has 0 bridgehead atoms. The number of thiophene rings is 1. The quantitative estimate of drug-likeness (QED) is 0.797. The monoisotopic (exact) mass is 344 g/mol. The minimum Gasteiger partial charge on any atom is -0.398 e. The van der Waals surface area contributed by atoms with E-state index in [9.17, 15) is 4.79 Å². The normalized spacial score (nSPS) is 10.4. The molecule has 2 rings (SSSR count). The van der Waals surface area contributed by atoms with Crippen LogP contribution in [0.5, 0.6) is 0 Å². The van der Waals surface area contributed by atoms with Crippen molar-refractivity contribution in [2.75, 3.05) is 11.1 Å². The van der Waals surface area contributed by atoms with Gasteiger partial charge in [-0.1, -0.05) is 11.6 Å². The molecule has 0 saturated heterocycles. The fourth-order valence-corrected chi connectivity index (χ4v) is 2.90. The average molecular weight is 346 g/mol. The Bertz CT molecular complexity index is 612. The van der Waals surface area contributed by atoms with Crippen molar-refractivity contribution < 1.29 is 4.79 Å². The lowest BCUT2D eigenvalue weighted by Gasteiger charge is -2.09. The highest BCUT2D eigenvalue weighted by molar-refractivity contribution is 9.11. The van der Waals surface area contributed by atoms with Crippen molar-refractivity contribution in [3.8, 4) is 0 Å². The highest BCUT2D eigenvalue weighted by Crippen LogP contribution is 2.28. The van der Waals surface area contributed by atoms with Crippen LogP contribution < -0.4 is 11.1 Å². The van der Waals surface area contributed by atoms with E-state index in [-0.39, 0.29) is 5.91 Å². The third kappa shape index (κ3) is 2.85. The molecule has 0 radical (unpaired) electrons. The highest BCUT2D eigenvalue weighted by Gasteiger charge is 2.11. The molecule has 2 aromatic rings. The summed E-state index contributed by atoms with van der Waals surface area (Å²) in [5, 5.41) is 3.25. The molecule has 0 spiro atoms. The summed E-state index contributed by atoms with van der Waals surface area (Å²) in [6.07, 6.45) is 0. The van der Waals surface area contributed by atoms with Crippen molar-refractivity contribution in [2.45, 2.75) is 6.92 Å². The summed E-state index contributed by atoms with van der Waals surface area (Å²) in [7, 11) is 0. The van der Waals surface area contributed by atoms with Crippen molar-refractivity contribution >= 4 is 56.1 Å². The average Bonchev–Trinajstić information content (AvgIpc) is 2.73. The molecule has 18 heavy (non-hydrogen) atoms. The molecular formula is C12H10BrClN2OS. The van der Waals surface area contributed by atoms with Crippen LogP contribution in [0.4, 0.5) is 11.4 Å². The van der Waals surface area contributed by atoms with E-state index in [0.717, 1.165) is 9.35 Å². The molecule has 3 nitrogen and oxygen atoms in total. The number of nitrogens with one attached hydrogen (secondary N) is 1. The van der Waals surface area contributed by atoms with Crippen LogP contribution in [0.25, 0.3) is 0 Å². The molecule has 0 aliphatic heterocycles. The molecule has 0 saturated carbocycles. The van der Waals surface area contributed by atoms with E-state index in [1.54, 1.807) is 18.2 Å². The minimum absolute atomic E-state index is 0.158. The Hall–Kier alpha value is -1.04. The molecule has 3 N–H and O–H groups in total. The standard InChI is InChI=1S/C12H10BrClN2OS/c1-6-4-8(15)7(14)5-9(6)16-12(17)10-2-3-11(13)18-10/h2-5H,15H2,1H3,(H,16,17). The first-order valence-electron chi connectivity index (χ1n) is 5.09. The largest absolute Gasteiger partial charge is 0.398 e. The summed E-state index contributed by atoms with van der Waals surface area (Å²) in [5.41, 5.74) is 7.74. The van der Waals surface area contributed by atoms with Crippen molar-refractivity contribution in [3.05, 3.63) is 43.5 Å². The number of amides is 1. The topological polar surface area (TPSA) is 55.1 Å². The first-order chi connectivity index (χ1) is 8.47. The second-order valence-corrected chi connectivity index (χ2v) is 6.62. The molecule has 1 aromatic carbocycles. The van der Waals surface area contributed by atoms with E-state index >= 15 is 0 Å². The van der Waals surface area contributed by atoms with Crippen LogP contribution in [0.2, 0.25) is 5.02 Å². The van der Waals surface area contributed by atoms with Crippen LogP contribution in [0.3, 0.4) is 0 Å². The SMILES string of the molecule is Cc1cc(N)c(Cl)cc1NC(=O)c1ccc(Br)s1. The smallest absolute Gasteiger partial charge is 0.265 e. The highest BCUT2D eigenvalue weighted by atomic mass is 79.9. The number of hydrogen-bond acceptors (Lipinski definition) is 3. The molecule has 0 aliphatic carbocycles. The van der Waals surface area contributed by atoms with Gasteiger partial charge in [0.15, 0.2) is 0 Å². The number of nitrogen functional groups attached to an aromatic ring is 1. The first-order valence-corrected chi connectivity index (χ1v) is 7.08. The van der Waals surface area contributed by atoms with Crippen LogP contribution in [-0.4, -0.2) is 5.91 Å². The summed E-state index contributed by atoms with van der Waals surface area (Å²) < 4.78 is 0.916. The van der Waals surface area contributed by atoms with E-state index in [4.69, 9.17) is 17.3 Å². The fraction of sp³-hybridized carbons (Fsp3) is 0.0833. The van der Waals surface area contributed by atoms with Crippen LogP contribution in [0, 0.1) is 6.92 Å². The number of hydrogen-bond donors (Lipinski definition) is 2. The molecule has 6 heteroatoms. The summed E-state index contributed by atoms with van der Waals surface area (Å²) in [5.74, 6) is -0.158. The zero-order valence-electron chi connectivity index (χ0n) is 9.46. The van der Waals surface area contributed by atoms with Crippen molar-refractivity contribution in [3.63, 3.8) is 0 Å². The van der Waals surface area contributed by atoms with Gasteiger partial charge in [0.1, 0.15) is 0 Å². The van der Waals surface area contributed by atoms with Gasteiger partial charge in [-0.15, -0.1) is 11.3 Å². The summed E-state index contributed by atoms with van der Waals surface area (Å²) >= 11 is 10.6. The zero-order chi connectivity index (χ0) is 13.3. The Morgan fingerprint density at radius 2 is 2.17 bits per heavy atom. The van der Waals surface area contributed by atoms with Gasteiger partial charge in [0.2, 0.25) is 0 Å². The maximum absolute atomic E-state index is 12.0. The molecule has 1 amide bonds. The zero-order valence-corrected chi connectivity index (χ0v) is 12.6. The predicted octanol–water partition coefficient (Wildman–Crippen LogP) is 4.31. The van der Waals surface area contributed by atoms with Crippen molar-refractivity contribution in [2.24, 2.45) is 0 Å². The summed E-state index contributed by atoms with van der Waals surface area (Å²) in [6, 6.07) is 7.00. The molecule has 1 aromatic heterocycles. The second-order valence-electron chi connectivity index (χ2n) is 3.75. The van der Waals surface area contributed by atoms with Gasteiger partial charge in [-0.3, -0.25) is 4.79 Å². The van der Waals surface area contributed by atoms with Gasteiger partial charge in [0, 0.05) is 5.69 Å². The van der Waals surface area contributed by atoms with Gasteiger partial charge >= 0.3 is 0 Å². The van der Waals surface area contributed by atoms with Gasteiger partial charge in [0.25, 0.3) is 5.91 Å². The summed E-state index contributed by atoms with van der Waals surface area (Å²) in [6.45, 7) is 1.87. The van der Waals surface area contributed by atoms with Gasteiger partial charge in [-0.05, 0) is 52.7 Å². The Morgan fingerprint density at radius 3 is 2.78 bits per heavy atom. The van der Waals surface area contributed by atoms with Crippen LogP contribution in [0.1, 0.15) is 15.2 Å². The number of carbonyl (C=O) groups is 1. The lowest BCUT2D eigenvalue weighted by Crippen LogP contribution is -2.11. The van der Waals surface area contributed by atoms with Crippen LogP contribution in [0.15, 0.2) is 28.1 Å². The number of aryl methyl sites for hydroxylation is 1. The molecule has 0 aliphatic rings. The summed E-state index contributed by atoms with van der Waals surface area (Å²) in [4.78, 5) is 12.6. The molecule has 94 valence electrons. The number of carbonyl (C=O) groups excluding carboxylic acids is 1. The number of halogens is 2. The number of nitrogens with two attached hydrogens (primary N) is 1. The lowest BCUT2D eigenvalue weighted by atomic mass is 10.2. The Morgan fingerprint density at radius 1 is 1.44 bits per heavy atom. The maximum Gasteiger partial charge on any atom is 0.265 e. The third-order valence-corrected chi connectivity index (χ3v) is 4.34.